The number of rotatable bonds is 2. The maximum Gasteiger partial charge on any atom is 0.412 e. The molecule has 1 aliphatic rings. The molecule has 0 unspecified atom stereocenters. The van der Waals surface area contributed by atoms with Gasteiger partial charge in [-0.05, 0) is 32.1 Å². The van der Waals surface area contributed by atoms with Crippen molar-refractivity contribution >= 4 is 16.6 Å². The Morgan fingerprint density at radius 1 is 1.27 bits per heavy atom. The first-order valence-corrected chi connectivity index (χ1v) is 8.71. The Bertz CT molecular complexity index is 419. The van der Waals surface area contributed by atoms with E-state index in [2.05, 4.69) is 34.6 Å². The molecule has 1 N–H and O–H groups in total. The molecule has 1 amide bonds. The fraction of sp³-hybridized carbons (Fsp3) is 0.938. The minimum absolute atomic E-state index is 0.0131. The Labute approximate surface area is 137 Å². The molecule has 22 heavy (non-hydrogen) atoms. The Hall–Kier alpha value is -0.593. The Morgan fingerprint density at radius 3 is 2.09 bits per heavy atom. The van der Waals surface area contributed by atoms with Gasteiger partial charge in [-0.3, -0.25) is 4.90 Å². The van der Waals surface area contributed by atoms with Gasteiger partial charge < -0.3 is 14.3 Å². The van der Waals surface area contributed by atoms with Crippen LogP contribution in [-0.2, 0) is 9.16 Å². The fourth-order valence-corrected chi connectivity index (χ4v) is 4.68. The molecule has 2 atom stereocenters. The Kier molecular flexibility index (Phi) is 5.13. The van der Waals surface area contributed by atoms with E-state index in [1.54, 1.807) is 4.90 Å². The molecule has 0 aromatic carbocycles. The van der Waals surface area contributed by atoms with Crippen molar-refractivity contribution in [1.29, 1.82) is 0 Å². The van der Waals surface area contributed by atoms with Crippen LogP contribution < -0.4 is 0 Å². The van der Waals surface area contributed by atoms with E-state index in [4.69, 9.17) is 9.16 Å². The van der Waals surface area contributed by atoms with Crippen molar-refractivity contribution in [3.63, 3.8) is 0 Å². The van der Waals surface area contributed by atoms with Gasteiger partial charge in [0.25, 0.3) is 0 Å². The molecule has 0 saturated carbocycles. The predicted octanol–water partition coefficient (Wildman–Crippen LogP) is 1.91. The molecule has 130 valence electrons. The summed E-state index contributed by atoms with van der Waals surface area (Å²) >= 11 is 0. The lowest BCUT2D eigenvalue weighted by Crippen LogP contribution is -2.59. The van der Waals surface area contributed by atoms with Gasteiger partial charge in [0.2, 0.25) is 0 Å². The second-order valence-corrected chi connectivity index (χ2v) is 9.29. The fourth-order valence-electron chi connectivity index (χ4n) is 3.80. The lowest BCUT2D eigenvalue weighted by molar-refractivity contribution is -0.150. The van der Waals surface area contributed by atoms with E-state index in [9.17, 15) is 9.90 Å². The van der Waals surface area contributed by atoms with Gasteiger partial charge in [-0.1, -0.05) is 34.6 Å². The third-order valence-corrected chi connectivity index (χ3v) is 5.57. The lowest BCUT2D eigenvalue weighted by Gasteiger charge is -2.47. The molecule has 0 aromatic rings. The second kappa shape index (κ2) is 5.80. The quantitative estimate of drug-likeness (QED) is 0.785. The average Bonchev–Trinajstić information content (AvgIpc) is 2.54. The smallest absolute Gasteiger partial charge is 0.412 e. The second-order valence-electron chi connectivity index (χ2n) is 8.88. The van der Waals surface area contributed by atoms with Crippen LogP contribution in [0.25, 0.3) is 0 Å². The molecule has 0 bridgehead atoms. The van der Waals surface area contributed by atoms with Crippen molar-refractivity contribution in [2.24, 2.45) is 16.7 Å². The summed E-state index contributed by atoms with van der Waals surface area (Å²) in [5, 5.41) is 10.1. The van der Waals surface area contributed by atoms with E-state index >= 15 is 0 Å². The van der Waals surface area contributed by atoms with E-state index < -0.39 is 17.4 Å². The number of nitrogens with zero attached hydrogens (tertiary/aromatic N) is 1. The van der Waals surface area contributed by atoms with Crippen LogP contribution in [0.3, 0.4) is 0 Å². The van der Waals surface area contributed by atoms with Crippen LogP contribution in [0.4, 0.5) is 4.79 Å². The molecule has 1 aliphatic heterocycles. The summed E-state index contributed by atoms with van der Waals surface area (Å²) in [6.07, 6.45) is -0.419. The number of hydrogen-bond acceptors (Lipinski definition) is 4. The number of aliphatic hydroxyl groups excluding tert-OH is 1. The van der Waals surface area contributed by atoms with Crippen molar-refractivity contribution in [2.75, 3.05) is 13.2 Å². The molecular weight excluding hydrogens is 298 g/mol. The van der Waals surface area contributed by atoms with E-state index in [-0.39, 0.29) is 23.4 Å². The van der Waals surface area contributed by atoms with Gasteiger partial charge in [0.15, 0.2) is 5.72 Å². The third-order valence-electron chi connectivity index (χ3n) is 4.89. The number of carbonyl (C=O) groups is 1. The number of hydrogen-bond donors (Lipinski definition) is 1. The molecule has 1 fully saturated rings. The summed E-state index contributed by atoms with van der Waals surface area (Å²) in [4.78, 5) is 14.3. The van der Waals surface area contributed by atoms with Gasteiger partial charge in [-0.15, -0.1) is 0 Å². The van der Waals surface area contributed by atoms with Gasteiger partial charge in [-0.2, -0.15) is 0 Å². The predicted molar refractivity (Wildman–Crippen MR) is 90.5 cm³/mol. The molecule has 5 nitrogen and oxygen atoms in total. The third kappa shape index (κ3) is 3.19. The minimum Gasteiger partial charge on any atom is -0.444 e. The highest BCUT2D eigenvalue weighted by Gasteiger charge is 2.63. The van der Waals surface area contributed by atoms with Gasteiger partial charge in [0.05, 0.1) is 6.61 Å². The van der Waals surface area contributed by atoms with Gasteiger partial charge in [0, 0.05) is 12.0 Å². The van der Waals surface area contributed by atoms with Crippen LogP contribution in [0.1, 0.15) is 55.4 Å². The van der Waals surface area contributed by atoms with E-state index in [0.29, 0.717) is 17.0 Å². The van der Waals surface area contributed by atoms with Crippen molar-refractivity contribution in [3.8, 4) is 0 Å². The maximum absolute atomic E-state index is 12.7. The van der Waals surface area contributed by atoms with Crippen LogP contribution >= 0.6 is 0 Å². The molecule has 0 radical (unpaired) electrons. The monoisotopic (exact) mass is 331 g/mol. The highest BCUT2D eigenvalue weighted by molar-refractivity contribution is 5.98. The zero-order valence-electron chi connectivity index (χ0n) is 15.6. The summed E-state index contributed by atoms with van der Waals surface area (Å²) in [5.41, 5.74) is -1.98. The highest BCUT2D eigenvalue weighted by atomic mass is 28.2. The summed E-state index contributed by atoms with van der Waals surface area (Å²) in [6, 6.07) is 0. The Balaban J connectivity index is 3.29. The summed E-state index contributed by atoms with van der Waals surface area (Å²) in [5.74, 6) is 0.189. The molecular formula is C16H33NO4Si. The first-order chi connectivity index (χ1) is 9.73. The molecule has 6 heteroatoms. The van der Waals surface area contributed by atoms with Crippen LogP contribution in [-0.4, -0.2) is 51.1 Å². The minimum atomic E-state index is -1.01. The zero-order chi connectivity index (χ0) is 17.6. The molecule has 0 aliphatic carbocycles. The van der Waals surface area contributed by atoms with Gasteiger partial charge >= 0.3 is 6.09 Å². The maximum atomic E-state index is 12.7. The van der Waals surface area contributed by atoms with Crippen molar-refractivity contribution in [1.82, 2.24) is 4.90 Å². The summed E-state index contributed by atoms with van der Waals surface area (Å²) < 4.78 is 11.4. The Morgan fingerprint density at radius 2 is 1.77 bits per heavy atom. The molecule has 0 aromatic heterocycles. The van der Waals surface area contributed by atoms with Crippen LogP contribution in [0.15, 0.2) is 0 Å². The molecule has 0 spiro atoms. The summed E-state index contributed by atoms with van der Waals surface area (Å²) in [7, 11) is 0.431. The molecule has 1 saturated heterocycles. The molecule has 1 rings (SSSR count). The van der Waals surface area contributed by atoms with Gasteiger partial charge in [0.1, 0.15) is 16.1 Å². The number of ether oxygens (including phenoxy) is 1. The van der Waals surface area contributed by atoms with Crippen LogP contribution in [0.2, 0.25) is 0 Å². The number of aliphatic hydroxyl groups is 1. The van der Waals surface area contributed by atoms with Crippen molar-refractivity contribution < 1.29 is 19.1 Å². The average molecular weight is 332 g/mol. The number of amides is 1. The molecule has 1 heterocycles. The SMILES string of the molecule is CC(C)(C)OC(=O)N1C[C@H](C(C)(C)C)C(C)(C)[C@@]1(CO)O[SiH3]. The standard InChI is InChI=1S/C16H33NO4Si/c1-13(2,3)11-9-17(12(19)20-14(4,5)6)16(10-18,21-22)15(11,7)8/h11,18H,9-10H2,1-8,22H3/t11-,16-/m1/s1. The van der Waals surface area contributed by atoms with Crippen molar-refractivity contribution in [2.45, 2.75) is 66.7 Å². The largest absolute Gasteiger partial charge is 0.444 e. The highest BCUT2D eigenvalue weighted by Crippen LogP contribution is 2.55. The number of carbonyl (C=O) groups excluding carboxylic acids is 1. The van der Waals surface area contributed by atoms with Crippen molar-refractivity contribution in [3.05, 3.63) is 0 Å². The van der Waals surface area contributed by atoms with E-state index in [0.717, 1.165) is 0 Å². The van der Waals surface area contributed by atoms with Gasteiger partial charge in [-0.25, -0.2) is 4.79 Å². The summed E-state index contributed by atoms with van der Waals surface area (Å²) in [6.45, 7) is 16.4. The van der Waals surface area contributed by atoms with Crippen LogP contribution in [0.5, 0.6) is 0 Å². The zero-order valence-corrected chi connectivity index (χ0v) is 17.6. The lowest BCUT2D eigenvalue weighted by atomic mass is 9.64. The normalized spacial score (nSPS) is 29.0. The first kappa shape index (κ1) is 19.5. The van der Waals surface area contributed by atoms with Crippen LogP contribution in [0, 0.1) is 16.7 Å². The van der Waals surface area contributed by atoms with E-state index in [1.165, 1.54) is 0 Å². The number of likely N-dealkylation sites (tertiary alicyclic amines) is 1. The van der Waals surface area contributed by atoms with E-state index in [1.807, 2.05) is 20.8 Å². The first-order valence-electron chi connectivity index (χ1n) is 7.89. The topological polar surface area (TPSA) is 59.0 Å².